The van der Waals surface area contributed by atoms with Gasteiger partial charge in [0.25, 0.3) is 0 Å². The third kappa shape index (κ3) is 23.0. The number of aliphatic hydroxyl groups excluding tert-OH is 1. The first-order valence-corrected chi connectivity index (χ1v) is 3.60. The summed E-state index contributed by atoms with van der Waals surface area (Å²) in [6.07, 6.45) is 0.758. The molecule has 0 saturated heterocycles. The van der Waals surface area contributed by atoms with Crippen LogP contribution in [0, 0.1) is 0 Å². The van der Waals surface area contributed by atoms with E-state index < -0.39 is 0 Å². The van der Waals surface area contributed by atoms with Crippen molar-refractivity contribution in [3.63, 3.8) is 0 Å². The van der Waals surface area contributed by atoms with E-state index in [1.807, 2.05) is 20.8 Å². The second kappa shape index (κ2) is 22.5. The normalized spacial score (nSPS) is 7.20. The largest absolute Gasteiger partial charge is 0.396 e. The Labute approximate surface area is 89.2 Å². The average Bonchev–Trinajstić information content (AvgIpc) is 1.94. The van der Waals surface area contributed by atoms with Crippen LogP contribution in [0.4, 0.5) is 0 Å². The fraction of sp³-hybridized carbons (Fsp3) is 1.00. The van der Waals surface area contributed by atoms with Gasteiger partial charge in [-0.2, -0.15) is 0 Å². The Morgan fingerprint density at radius 2 is 1.80 bits per heavy atom. The molecular formula is C7H18O2Y. The van der Waals surface area contributed by atoms with E-state index in [1.54, 1.807) is 0 Å². The molecule has 0 aliphatic carbocycles. The molecule has 0 saturated carbocycles. The maximum atomic E-state index is 8.21. The van der Waals surface area contributed by atoms with Gasteiger partial charge in [-0.1, -0.05) is 13.8 Å². The zero-order chi connectivity index (χ0) is 7.54. The Morgan fingerprint density at radius 3 is 2.10 bits per heavy atom. The first kappa shape index (κ1) is 17.2. The molecule has 0 amide bonds. The maximum absolute atomic E-state index is 8.21. The van der Waals surface area contributed by atoms with Crippen molar-refractivity contribution in [2.24, 2.45) is 0 Å². The Hall–Kier alpha value is 1.02. The average molecular weight is 223 g/mol. The molecule has 0 aliphatic heterocycles. The molecule has 0 atom stereocenters. The molecule has 0 unspecified atom stereocenters. The number of rotatable bonds is 4. The van der Waals surface area contributed by atoms with E-state index in [-0.39, 0.29) is 39.3 Å². The standard InChI is InChI=1S/C5H12O2.C2H6.Y/c1-2-7-5-3-4-6;1-2;/h6H,2-5H2,1H3;1-2H3;. The predicted molar refractivity (Wildman–Crippen MR) is 39.5 cm³/mol. The second-order valence-corrected chi connectivity index (χ2v) is 1.27. The van der Waals surface area contributed by atoms with Gasteiger partial charge >= 0.3 is 0 Å². The van der Waals surface area contributed by atoms with E-state index >= 15 is 0 Å². The van der Waals surface area contributed by atoms with Crippen molar-refractivity contribution in [2.75, 3.05) is 19.8 Å². The summed E-state index contributed by atoms with van der Waals surface area (Å²) in [5.41, 5.74) is 0. The predicted octanol–water partition coefficient (Wildman–Crippen LogP) is 1.43. The molecule has 0 aliphatic rings. The second-order valence-electron chi connectivity index (χ2n) is 1.27. The monoisotopic (exact) mass is 223 g/mol. The van der Waals surface area contributed by atoms with Crippen molar-refractivity contribution in [3.8, 4) is 0 Å². The van der Waals surface area contributed by atoms with Crippen molar-refractivity contribution in [1.82, 2.24) is 0 Å². The minimum absolute atomic E-state index is 0. The van der Waals surface area contributed by atoms with Crippen LogP contribution in [0.5, 0.6) is 0 Å². The van der Waals surface area contributed by atoms with Crippen LogP contribution >= 0.6 is 0 Å². The van der Waals surface area contributed by atoms with Crippen molar-refractivity contribution in [2.45, 2.75) is 27.2 Å². The number of aliphatic hydroxyl groups is 1. The van der Waals surface area contributed by atoms with Crippen LogP contribution < -0.4 is 0 Å². The summed E-state index contributed by atoms with van der Waals surface area (Å²) in [5, 5.41) is 8.21. The van der Waals surface area contributed by atoms with Crippen molar-refractivity contribution < 1.29 is 42.6 Å². The van der Waals surface area contributed by atoms with Crippen molar-refractivity contribution >= 4 is 0 Å². The first-order valence-electron chi connectivity index (χ1n) is 3.60. The molecule has 0 aromatic rings. The zero-order valence-corrected chi connectivity index (χ0v) is 10.1. The molecular weight excluding hydrogens is 205 g/mol. The molecule has 1 N–H and O–H groups in total. The summed E-state index contributed by atoms with van der Waals surface area (Å²) in [6, 6.07) is 0. The number of ether oxygens (including phenoxy) is 1. The van der Waals surface area contributed by atoms with Crippen LogP contribution in [0.1, 0.15) is 27.2 Å². The van der Waals surface area contributed by atoms with Gasteiger partial charge in [0.15, 0.2) is 0 Å². The van der Waals surface area contributed by atoms with Crippen LogP contribution in [0.3, 0.4) is 0 Å². The summed E-state index contributed by atoms with van der Waals surface area (Å²) < 4.78 is 4.91. The summed E-state index contributed by atoms with van der Waals surface area (Å²) in [4.78, 5) is 0. The molecule has 0 rings (SSSR count). The molecule has 0 aromatic carbocycles. The quantitative estimate of drug-likeness (QED) is 0.730. The molecule has 10 heavy (non-hydrogen) atoms. The summed E-state index contributed by atoms with van der Waals surface area (Å²) in [7, 11) is 0. The number of hydrogen-bond acceptors (Lipinski definition) is 2. The van der Waals surface area contributed by atoms with Crippen molar-refractivity contribution in [1.29, 1.82) is 0 Å². The Bertz CT molecular complexity index is 30.8. The minimum Gasteiger partial charge on any atom is -0.396 e. The van der Waals surface area contributed by atoms with Gasteiger partial charge in [-0.25, -0.2) is 0 Å². The molecule has 1 radical (unpaired) electrons. The molecule has 3 heteroatoms. The van der Waals surface area contributed by atoms with E-state index in [9.17, 15) is 0 Å². The maximum Gasteiger partial charge on any atom is 0.0487 e. The summed E-state index contributed by atoms with van der Waals surface area (Å²) in [6.45, 7) is 7.62. The van der Waals surface area contributed by atoms with Gasteiger partial charge in [-0.05, 0) is 13.3 Å². The molecule has 0 fully saturated rings. The van der Waals surface area contributed by atoms with Gasteiger partial charge in [0.05, 0.1) is 0 Å². The Morgan fingerprint density at radius 1 is 1.30 bits per heavy atom. The van der Waals surface area contributed by atoms with Crippen molar-refractivity contribution in [3.05, 3.63) is 0 Å². The fourth-order valence-corrected chi connectivity index (χ4v) is 0.311. The first-order chi connectivity index (χ1) is 4.41. The van der Waals surface area contributed by atoms with Gasteiger partial charge in [-0.3, -0.25) is 0 Å². The molecule has 0 spiro atoms. The molecule has 0 aromatic heterocycles. The minimum atomic E-state index is 0. The van der Waals surface area contributed by atoms with Crippen LogP contribution in [0.25, 0.3) is 0 Å². The smallest absolute Gasteiger partial charge is 0.0487 e. The van der Waals surface area contributed by atoms with E-state index in [0.29, 0.717) is 6.61 Å². The van der Waals surface area contributed by atoms with Crippen LogP contribution in [-0.2, 0) is 37.4 Å². The third-order valence-corrected chi connectivity index (χ3v) is 0.651. The van der Waals surface area contributed by atoms with E-state index in [4.69, 9.17) is 9.84 Å². The van der Waals surface area contributed by atoms with Crippen LogP contribution in [0.2, 0.25) is 0 Å². The van der Waals surface area contributed by atoms with Gasteiger partial charge in [0.1, 0.15) is 0 Å². The van der Waals surface area contributed by atoms with E-state index in [1.165, 1.54) is 0 Å². The molecule has 0 heterocycles. The van der Waals surface area contributed by atoms with E-state index in [0.717, 1.165) is 13.0 Å². The molecule has 0 bridgehead atoms. The number of hydrogen-bond donors (Lipinski definition) is 1. The Kier molecular flexibility index (Phi) is 38.7. The zero-order valence-electron chi connectivity index (χ0n) is 7.26. The van der Waals surface area contributed by atoms with Gasteiger partial charge < -0.3 is 9.84 Å². The fourth-order valence-electron chi connectivity index (χ4n) is 0.311. The van der Waals surface area contributed by atoms with Gasteiger partial charge in [0.2, 0.25) is 0 Å². The van der Waals surface area contributed by atoms with E-state index in [2.05, 4.69) is 0 Å². The van der Waals surface area contributed by atoms with Gasteiger partial charge in [-0.15, -0.1) is 0 Å². The molecule has 61 valence electrons. The third-order valence-electron chi connectivity index (χ3n) is 0.651. The Balaban J connectivity index is -0.000000149. The molecule has 2 nitrogen and oxygen atoms in total. The summed E-state index contributed by atoms with van der Waals surface area (Å²) >= 11 is 0. The SMILES string of the molecule is CC.CCOCCCO.[Y]. The topological polar surface area (TPSA) is 29.5 Å². The van der Waals surface area contributed by atoms with Crippen LogP contribution in [-0.4, -0.2) is 24.9 Å². The summed E-state index contributed by atoms with van der Waals surface area (Å²) in [5.74, 6) is 0. The van der Waals surface area contributed by atoms with Crippen LogP contribution in [0.15, 0.2) is 0 Å². The van der Waals surface area contributed by atoms with Gasteiger partial charge in [0, 0.05) is 52.5 Å².